The summed E-state index contributed by atoms with van der Waals surface area (Å²) in [4.78, 5) is 11.7. The molecule has 2 aromatic carbocycles. The Morgan fingerprint density at radius 1 is 1.11 bits per heavy atom. The molecule has 0 heterocycles. The molecule has 0 bridgehead atoms. The number of nitrogens with one attached hydrogen (secondary N) is 1. The maximum Gasteiger partial charge on any atom is 0.228 e. The summed E-state index contributed by atoms with van der Waals surface area (Å²) in [6.07, 6.45) is -0.0678. The van der Waals surface area contributed by atoms with E-state index in [1.54, 1.807) is 18.2 Å². The van der Waals surface area contributed by atoms with Crippen molar-refractivity contribution in [3.8, 4) is 0 Å². The van der Waals surface area contributed by atoms with E-state index in [9.17, 15) is 13.6 Å². The van der Waals surface area contributed by atoms with Crippen LogP contribution in [0.25, 0.3) is 0 Å². The maximum absolute atomic E-state index is 13.4. The van der Waals surface area contributed by atoms with Gasteiger partial charge >= 0.3 is 0 Å². The first kappa shape index (κ1) is 13.7. The molecule has 0 saturated heterocycles. The highest BCUT2D eigenvalue weighted by Gasteiger charge is 2.08. The highest BCUT2D eigenvalue weighted by molar-refractivity contribution is 9.10. The third-order valence-electron chi connectivity index (χ3n) is 2.51. The maximum atomic E-state index is 13.4. The van der Waals surface area contributed by atoms with Crippen LogP contribution in [0.3, 0.4) is 0 Å². The number of rotatable bonds is 3. The monoisotopic (exact) mass is 325 g/mol. The highest BCUT2D eigenvalue weighted by atomic mass is 79.9. The van der Waals surface area contributed by atoms with Crippen molar-refractivity contribution >= 4 is 27.5 Å². The predicted octanol–water partition coefficient (Wildman–Crippen LogP) is 3.91. The predicted molar refractivity (Wildman–Crippen MR) is 72.8 cm³/mol. The fourth-order valence-electron chi connectivity index (χ4n) is 1.59. The second kappa shape index (κ2) is 5.93. The molecule has 5 heteroatoms. The van der Waals surface area contributed by atoms with Gasteiger partial charge in [-0.3, -0.25) is 4.79 Å². The van der Waals surface area contributed by atoms with Crippen molar-refractivity contribution in [2.75, 3.05) is 5.32 Å². The average molecular weight is 326 g/mol. The standard InChI is InChI=1S/C14H10BrF2NO/c15-11-8-10(5-6-13(11)17)18-14(19)7-9-3-1-2-4-12(9)16/h1-6,8H,7H2,(H,18,19). The number of anilines is 1. The van der Waals surface area contributed by atoms with Gasteiger partial charge in [0, 0.05) is 5.69 Å². The molecule has 0 aliphatic carbocycles. The summed E-state index contributed by atoms with van der Waals surface area (Å²) in [6.45, 7) is 0. The zero-order valence-corrected chi connectivity index (χ0v) is 11.4. The van der Waals surface area contributed by atoms with Gasteiger partial charge in [0.2, 0.25) is 5.91 Å². The molecular weight excluding hydrogens is 316 g/mol. The Labute approximate surface area is 117 Å². The van der Waals surface area contributed by atoms with E-state index in [1.807, 2.05) is 0 Å². The molecule has 0 atom stereocenters. The van der Waals surface area contributed by atoms with E-state index in [1.165, 1.54) is 24.3 Å². The molecule has 98 valence electrons. The second-order valence-electron chi connectivity index (χ2n) is 3.95. The van der Waals surface area contributed by atoms with E-state index in [-0.39, 0.29) is 16.8 Å². The van der Waals surface area contributed by atoms with Crippen molar-refractivity contribution in [1.82, 2.24) is 0 Å². The van der Waals surface area contributed by atoms with Crippen LogP contribution in [-0.4, -0.2) is 5.91 Å². The lowest BCUT2D eigenvalue weighted by molar-refractivity contribution is -0.115. The molecule has 0 aliphatic heterocycles. The van der Waals surface area contributed by atoms with Crippen LogP contribution in [0.5, 0.6) is 0 Å². The number of hydrogen-bond acceptors (Lipinski definition) is 1. The minimum Gasteiger partial charge on any atom is -0.326 e. The van der Waals surface area contributed by atoms with Gasteiger partial charge in [-0.05, 0) is 45.8 Å². The number of benzene rings is 2. The molecule has 0 unspecified atom stereocenters. The minimum atomic E-state index is -0.419. The summed E-state index contributed by atoms with van der Waals surface area (Å²) in [5.41, 5.74) is 0.774. The first-order chi connectivity index (χ1) is 9.06. The molecule has 2 aromatic rings. The summed E-state index contributed by atoms with van der Waals surface area (Å²) >= 11 is 3.03. The summed E-state index contributed by atoms with van der Waals surface area (Å²) in [6, 6.07) is 10.2. The molecule has 0 radical (unpaired) electrons. The Morgan fingerprint density at radius 2 is 1.84 bits per heavy atom. The molecule has 0 saturated carbocycles. The minimum absolute atomic E-state index is 0.0678. The van der Waals surface area contributed by atoms with Crippen molar-refractivity contribution in [1.29, 1.82) is 0 Å². The third-order valence-corrected chi connectivity index (χ3v) is 3.12. The van der Waals surface area contributed by atoms with Crippen molar-refractivity contribution in [3.63, 3.8) is 0 Å². The van der Waals surface area contributed by atoms with Gasteiger partial charge < -0.3 is 5.32 Å². The first-order valence-corrected chi connectivity index (χ1v) is 6.34. The van der Waals surface area contributed by atoms with E-state index < -0.39 is 11.6 Å². The molecule has 2 rings (SSSR count). The number of hydrogen-bond donors (Lipinski definition) is 1. The largest absolute Gasteiger partial charge is 0.326 e. The van der Waals surface area contributed by atoms with Gasteiger partial charge in [0.1, 0.15) is 11.6 Å². The van der Waals surface area contributed by atoms with E-state index in [2.05, 4.69) is 21.2 Å². The van der Waals surface area contributed by atoms with Crippen LogP contribution >= 0.6 is 15.9 Å². The Kier molecular flexibility index (Phi) is 4.27. The fraction of sp³-hybridized carbons (Fsp3) is 0.0714. The van der Waals surface area contributed by atoms with Crippen LogP contribution in [0.1, 0.15) is 5.56 Å². The van der Waals surface area contributed by atoms with Crippen LogP contribution in [-0.2, 0) is 11.2 Å². The smallest absolute Gasteiger partial charge is 0.228 e. The zero-order chi connectivity index (χ0) is 13.8. The van der Waals surface area contributed by atoms with Crippen molar-refractivity contribution in [3.05, 3.63) is 64.1 Å². The van der Waals surface area contributed by atoms with Gasteiger partial charge in [0.25, 0.3) is 0 Å². The SMILES string of the molecule is O=C(Cc1ccccc1F)Nc1ccc(F)c(Br)c1. The van der Waals surface area contributed by atoms with Crippen LogP contribution in [0.2, 0.25) is 0 Å². The fourth-order valence-corrected chi connectivity index (χ4v) is 1.97. The van der Waals surface area contributed by atoms with Gasteiger partial charge in [0.05, 0.1) is 10.9 Å². The van der Waals surface area contributed by atoms with Crippen LogP contribution in [0.4, 0.5) is 14.5 Å². The van der Waals surface area contributed by atoms with E-state index in [0.29, 0.717) is 11.3 Å². The van der Waals surface area contributed by atoms with Crippen LogP contribution < -0.4 is 5.32 Å². The molecule has 1 N–H and O–H groups in total. The first-order valence-electron chi connectivity index (χ1n) is 5.54. The molecule has 0 fully saturated rings. The molecule has 2 nitrogen and oxygen atoms in total. The van der Waals surface area contributed by atoms with Gasteiger partial charge in [-0.2, -0.15) is 0 Å². The quantitative estimate of drug-likeness (QED) is 0.910. The van der Waals surface area contributed by atoms with Gasteiger partial charge in [-0.25, -0.2) is 8.78 Å². The Bertz CT molecular complexity index is 616. The van der Waals surface area contributed by atoms with Crippen molar-refractivity contribution in [2.24, 2.45) is 0 Å². The molecule has 19 heavy (non-hydrogen) atoms. The second-order valence-corrected chi connectivity index (χ2v) is 4.80. The Hall–Kier alpha value is -1.75. The third kappa shape index (κ3) is 3.61. The lowest BCUT2D eigenvalue weighted by atomic mass is 10.1. The summed E-state index contributed by atoms with van der Waals surface area (Å²) in [7, 11) is 0. The average Bonchev–Trinajstić information content (AvgIpc) is 2.37. The van der Waals surface area contributed by atoms with Crippen molar-refractivity contribution < 1.29 is 13.6 Å². The van der Waals surface area contributed by atoms with Gasteiger partial charge in [-0.1, -0.05) is 18.2 Å². The van der Waals surface area contributed by atoms with E-state index in [4.69, 9.17) is 0 Å². The van der Waals surface area contributed by atoms with E-state index >= 15 is 0 Å². The lowest BCUT2D eigenvalue weighted by Crippen LogP contribution is -2.15. The Morgan fingerprint density at radius 3 is 2.53 bits per heavy atom. The van der Waals surface area contributed by atoms with Crippen LogP contribution in [0.15, 0.2) is 46.9 Å². The highest BCUT2D eigenvalue weighted by Crippen LogP contribution is 2.20. The summed E-state index contributed by atoms with van der Waals surface area (Å²) in [5, 5.41) is 2.58. The molecule has 0 aromatic heterocycles. The number of halogens is 3. The number of carbonyl (C=O) groups excluding carboxylic acids is 1. The number of amides is 1. The van der Waals surface area contributed by atoms with Gasteiger partial charge in [0.15, 0.2) is 0 Å². The van der Waals surface area contributed by atoms with Crippen molar-refractivity contribution in [2.45, 2.75) is 6.42 Å². The van der Waals surface area contributed by atoms with Gasteiger partial charge in [-0.15, -0.1) is 0 Å². The molecular formula is C14H10BrF2NO. The molecule has 0 spiro atoms. The van der Waals surface area contributed by atoms with Crippen LogP contribution in [0, 0.1) is 11.6 Å². The number of carbonyl (C=O) groups is 1. The summed E-state index contributed by atoms with van der Waals surface area (Å²) < 4.78 is 26.7. The Balaban J connectivity index is 2.05. The lowest BCUT2D eigenvalue weighted by Gasteiger charge is -2.06. The van der Waals surface area contributed by atoms with E-state index in [0.717, 1.165) is 0 Å². The topological polar surface area (TPSA) is 29.1 Å². The normalized spacial score (nSPS) is 10.3. The zero-order valence-electron chi connectivity index (χ0n) is 9.79. The molecule has 0 aliphatic rings. The summed E-state index contributed by atoms with van der Waals surface area (Å²) in [5.74, 6) is -1.19. The molecule has 1 amide bonds.